The van der Waals surface area contributed by atoms with Crippen molar-refractivity contribution in [2.45, 2.75) is 32.7 Å². The molecule has 1 aliphatic rings. The van der Waals surface area contributed by atoms with Gasteiger partial charge in [0.05, 0.1) is 0 Å². The number of aryl methyl sites for hydroxylation is 1. The lowest BCUT2D eigenvalue weighted by atomic mass is 10.0. The van der Waals surface area contributed by atoms with Crippen molar-refractivity contribution in [1.29, 1.82) is 0 Å². The van der Waals surface area contributed by atoms with Crippen LogP contribution in [0, 0.1) is 12.8 Å². The molecule has 0 bridgehead atoms. The molecule has 2 N–H and O–H groups in total. The van der Waals surface area contributed by atoms with E-state index in [-0.39, 0.29) is 24.0 Å². The van der Waals surface area contributed by atoms with Crippen molar-refractivity contribution in [2.75, 3.05) is 59.0 Å². The fraction of sp³-hybridized carbons (Fsp3) is 0.667. The molecule has 1 aromatic rings. The lowest BCUT2D eigenvalue weighted by Gasteiger charge is -2.21. The monoisotopic (exact) mass is 504 g/mol. The topological polar surface area (TPSA) is 58.1 Å². The van der Waals surface area contributed by atoms with Gasteiger partial charge in [0.15, 0.2) is 5.96 Å². The van der Waals surface area contributed by atoms with Gasteiger partial charge in [-0.3, -0.25) is 4.99 Å². The average molecular weight is 504 g/mol. The first-order valence-corrected chi connectivity index (χ1v) is 9.97. The van der Waals surface area contributed by atoms with Crippen LogP contribution >= 0.6 is 24.0 Å². The van der Waals surface area contributed by atoms with Gasteiger partial charge >= 0.3 is 0 Å². The molecule has 0 unspecified atom stereocenters. The number of hydrogen-bond donors (Lipinski definition) is 2. The van der Waals surface area contributed by atoms with Gasteiger partial charge < -0.3 is 25.0 Å². The molecule has 0 radical (unpaired) electrons. The zero-order chi connectivity index (χ0) is 19.5. The fourth-order valence-corrected chi connectivity index (χ4v) is 3.10. The first-order chi connectivity index (χ1) is 13.1. The maximum atomic E-state index is 5.80. The Balaban J connectivity index is 0.00000392. The van der Waals surface area contributed by atoms with E-state index in [9.17, 15) is 0 Å². The smallest absolute Gasteiger partial charge is 0.191 e. The average Bonchev–Trinajstić information content (AvgIpc) is 2.68. The van der Waals surface area contributed by atoms with Crippen LogP contribution in [-0.2, 0) is 16.0 Å². The molecule has 1 aromatic carbocycles. The van der Waals surface area contributed by atoms with Crippen molar-refractivity contribution >= 4 is 35.6 Å². The third kappa shape index (κ3) is 8.96. The molecule has 1 heterocycles. The molecule has 1 aliphatic heterocycles. The van der Waals surface area contributed by atoms with Crippen LogP contribution in [0.2, 0.25) is 0 Å². The van der Waals surface area contributed by atoms with Gasteiger partial charge in [0, 0.05) is 66.3 Å². The molecule has 1 fully saturated rings. The van der Waals surface area contributed by atoms with Gasteiger partial charge in [-0.1, -0.05) is 6.07 Å². The van der Waals surface area contributed by atoms with Gasteiger partial charge in [0.25, 0.3) is 0 Å². The van der Waals surface area contributed by atoms with Crippen LogP contribution in [0.5, 0.6) is 0 Å². The lowest BCUT2D eigenvalue weighted by Crippen LogP contribution is -2.37. The molecule has 28 heavy (non-hydrogen) atoms. The maximum Gasteiger partial charge on any atom is 0.191 e. The summed E-state index contributed by atoms with van der Waals surface area (Å²) in [6.45, 7) is 7.18. The highest BCUT2D eigenvalue weighted by Crippen LogP contribution is 2.17. The lowest BCUT2D eigenvalue weighted by molar-refractivity contribution is 0.0203. The zero-order valence-electron chi connectivity index (χ0n) is 17.8. The first kappa shape index (κ1) is 25.0. The molecule has 6 nitrogen and oxygen atoms in total. The quantitative estimate of drug-likeness (QED) is 0.234. The van der Waals surface area contributed by atoms with Gasteiger partial charge in [-0.15, -0.1) is 24.0 Å². The van der Waals surface area contributed by atoms with E-state index >= 15 is 0 Å². The van der Waals surface area contributed by atoms with E-state index in [0.717, 1.165) is 64.7 Å². The van der Waals surface area contributed by atoms with Crippen LogP contribution in [0.15, 0.2) is 23.2 Å². The summed E-state index contributed by atoms with van der Waals surface area (Å²) in [4.78, 5) is 6.42. The van der Waals surface area contributed by atoms with Crippen LogP contribution in [0.4, 0.5) is 5.69 Å². The summed E-state index contributed by atoms with van der Waals surface area (Å²) < 4.78 is 11.2. The van der Waals surface area contributed by atoms with Crippen molar-refractivity contribution in [3.63, 3.8) is 0 Å². The van der Waals surface area contributed by atoms with E-state index in [1.807, 2.05) is 0 Å². The molecular weight excluding hydrogens is 467 g/mol. The standard InChI is InChI=1S/C21H36N4O2.HI/c1-17-14-20(25(3)4)7-6-19(17)15-24-21(22-2)23-10-5-11-27-16-18-8-12-26-13-9-18;/h6-7,14,18H,5,8-13,15-16H2,1-4H3,(H2,22,23,24);1H. The minimum Gasteiger partial charge on any atom is -0.381 e. The Morgan fingerprint density at radius 2 is 2.00 bits per heavy atom. The minimum atomic E-state index is 0. The largest absolute Gasteiger partial charge is 0.381 e. The van der Waals surface area contributed by atoms with Crippen molar-refractivity contribution in [2.24, 2.45) is 10.9 Å². The van der Waals surface area contributed by atoms with Crippen molar-refractivity contribution < 1.29 is 9.47 Å². The molecule has 0 aromatic heterocycles. The Bertz CT molecular complexity index is 590. The normalized spacial score (nSPS) is 15.1. The van der Waals surface area contributed by atoms with Crippen molar-refractivity contribution in [3.8, 4) is 0 Å². The van der Waals surface area contributed by atoms with Crippen LogP contribution in [-0.4, -0.2) is 60.1 Å². The molecule has 0 aliphatic carbocycles. The molecule has 0 amide bonds. The van der Waals surface area contributed by atoms with E-state index in [4.69, 9.17) is 9.47 Å². The highest BCUT2D eigenvalue weighted by molar-refractivity contribution is 14.0. The number of rotatable bonds is 9. The second kappa shape index (κ2) is 14.0. The van der Waals surface area contributed by atoms with Crippen LogP contribution in [0.1, 0.15) is 30.4 Å². The highest BCUT2D eigenvalue weighted by Gasteiger charge is 2.13. The predicted octanol–water partition coefficient (Wildman–Crippen LogP) is 3.18. The summed E-state index contributed by atoms with van der Waals surface area (Å²) in [5.74, 6) is 1.50. The summed E-state index contributed by atoms with van der Waals surface area (Å²) in [6, 6.07) is 6.54. The molecular formula is C21H37IN4O2. The minimum absolute atomic E-state index is 0. The van der Waals surface area contributed by atoms with Gasteiger partial charge in [-0.25, -0.2) is 0 Å². The van der Waals surface area contributed by atoms with Gasteiger partial charge in [0.1, 0.15) is 0 Å². The molecule has 0 atom stereocenters. The Hall–Kier alpha value is -1.06. The second-order valence-corrected chi connectivity index (χ2v) is 7.34. The SMILES string of the molecule is CN=C(NCCCOCC1CCOCC1)NCc1ccc(N(C)C)cc1C.I. The Morgan fingerprint density at radius 1 is 1.25 bits per heavy atom. The third-order valence-electron chi connectivity index (χ3n) is 4.96. The first-order valence-electron chi connectivity index (χ1n) is 9.97. The number of nitrogens with one attached hydrogen (secondary N) is 2. The molecule has 1 saturated heterocycles. The molecule has 0 spiro atoms. The number of hydrogen-bond acceptors (Lipinski definition) is 4. The highest BCUT2D eigenvalue weighted by atomic mass is 127. The fourth-order valence-electron chi connectivity index (χ4n) is 3.10. The number of anilines is 1. The van der Waals surface area contributed by atoms with Crippen LogP contribution in [0.25, 0.3) is 0 Å². The summed E-state index contributed by atoms with van der Waals surface area (Å²) in [5.41, 5.74) is 3.79. The molecule has 7 heteroatoms. The second-order valence-electron chi connectivity index (χ2n) is 7.34. The van der Waals surface area contributed by atoms with E-state index in [1.165, 1.54) is 16.8 Å². The summed E-state index contributed by atoms with van der Waals surface area (Å²) in [6.07, 6.45) is 3.23. The number of ether oxygens (including phenoxy) is 2. The summed E-state index contributed by atoms with van der Waals surface area (Å²) in [7, 11) is 5.93. The van der Waals surface area contributed by atoms with Crippen LogP contribution < -0.4 is 15.5 Å². The number of nitrogens with zero attached hydrogens (tertiary/aromatic N) is 2. The van der Waals surface area contributed by atoms with E-state index in [0.29, 0.717) is 5.92 Å². The third-order valence-corrected chi connectivity index (χ3v) is 4.96. The Kier molecular flexibility index (Phi) is 12.5. The predicted molar refractivity (Wildman–Crippen MR) is 128 cm³/mol. The Labute approximate surface area is 187 Å². The maximum absolute atomic E-state index is 5.80. The number of halogens is 1. The van der Waals surface area contributed by atoms with Gasteiger partial charge in [0.2, 0.25) is 0 Å². The number of guanidine groups is 1. The van der Waals surface area contributed by atoms with E-state index in [2.05, 4.69) is 59.7 Å². The van der Waals surface area contributed by atoms with E-state index < -0.39 is 0 Å². The molecule has 160 valence electrons. The molecule has 0 saturated carbocycles. The van der Waals surface area contributed by atoms with Crippen molar-refractivity contribution in [1.82, 2.24) is 10.6 Å². The van der Waals surface area contributed by atoms with Crippen LogP contribution in [0.3, 0.4) is 0 Å². The summed E-state index contributed by atoms with van der Waals surface area (Å²) >= 11 is 0. The number of benzene rings is 1. The van der Waals surface area contributed by atoms with Gasteiger partial charge in [-0.2, -0.15) is 0 Å². The zero-order valence-corrected chi connectivity index (χ0v) is 20.1. The van der Waals surface area contributed by atoms with E-state index in [1.54, 1.807) is 7.05 Å². The molecule has 2 rings (SSSR count). The number of aliphatic imine (C=N–C) groups is 1. The summed E-state index contributed by atoms with van der Waals surface area (Å²) in [5, 5.41) is 6.75. The Morgan fingerprint density at radius 3 is 2.64 bits per heavy atom. The van der Waals surface area contributed by atoms with Crippen molar-refractivity contribution in [3.05, 3.63) is 29.3 Å². The van der Waals surface area contributed by atoms with Gasteiger partial charge in [-0.05, 0) is 55.4 Å².